The highest BCUT2D eigenvalue weighted by molar-refractivity contribution is 6.01. The van der Waals surface area contributed by atoms with Gasteiger partial charge in [0.15, 0.2) is 13.2 Å². The number of hydrogen-bond acceptors (Lipinski definition) is 6. The van der Waals surface area contributed by atoms with Crippen molar-refractivity contribution in [2.45, 2.75) is 13.8 Å². The van der Waals surface area contributed by atoms with Crippen LogP contribution in [-0.2, 0) is 9.68 Å². The summed E-state index contributed by atoms with van der Waals surface area (Å²) in [6, 6.07) is 13.8. The highest BCUT2D eigenvalue weighted by Gasteiger charge is 2.04. The Morgan fingerprint density at radius 2 is 1.12 bits per heavy atom. The minimum Gasteiger partial charge on any atom is -0.507 e. The minimum atomic E-state index is 0.154. The number of hydrogen-bond donors (Lipinski definition) is 2. The van der Waals surface area contributed by atoms with E-state index in [0.717, 1.165) is 0 Å². The van der Waals surface area contributed by atoms with Crippen LogP contribution in [-0.4, -0.2) is 34.9 Å². The molecule has 0 aliphatic heterocycles. The van der Waals surface area contributed by atoms with Gasteiger partial charge < -0.3 is 19.9 Å². The third kappa shape index (κ3) is 4.74. The Kier molecular flexibility index (Phi) is 6.19. The zero-order valence-corrected chi connectivity index (χ0v) is 13.6. The number of phenolic OH excluding ortho intramolecular Hbond substituents is 2. The third-order valence-corrected chi connectivity index (χ3v) is 3.26. The zero-order valence-electron chi connectivity index (χ0n) is 13.6. The fraction of sp³-hybridized carbons (Fsp3) is 0.222. The van der Waals surface area contributed by atoms with Crippen LogP contribution in [0.2, 0.25) is 0 Å². The summed E-state index contributed by atoms with van der Waals surface area (Å²) in [6.45, 7) is 3.91. The molecule has 0 aliphatic rings. The van der Waals surface area contributed by atoms with Gasteiger partial charge >= 0.3 is 0 Å². The Bertz CT molecular complexity index is 678. The summed E-state index contributed by atoms with van der Waals surface area (Å²) in [5.74, 6) is 0.308. The van der Waals surface area contributed by atoms with E-state index in [1.807, 2.05) is 12.1 Å². The third-order valence-electron chi connectivity index (χ3n) is 3.26. The first kappa shape index (κ1) is 17.3. The van der Waals surface area contributed by atoms with Crippen LogP contribution in [0.3, 0.4) is 0 Å². The molecule has 2 aromatic rings. The summed E-state index contributed by atoms with van der Waals surface area (Å²) in [5.41, 5.74) is 2.38. The van der Waals surface area contributed by atoms with Gasteiger partial charge in [0.25, 0.3) is 0 Å². The monoisotopic (exact) mass is 328 g/mol. The van der Waals surface area contributed by atoms with Crippen molar-refractivity contribution in [2.24, 2.45) is 10.3 Å². The highest BCUT2D eigenvalue weighted by atomic mass is 16.7. The second-order valence-corrected chi connectivity index (χ2v) is 5.05. The second kappa shape index (κ2) is 8.57. The molecule has 24 heavy (non-hydrogen) atoms. The largest absolute Gasteiger partial charge is 0.507 e. The molecule has 0 unspecified atom stereocenters. The molecule has 0 aromatic heterocycles. The number of rotatable bonds is 7. The van der Waals surface area contributed by atoms with E-state index in [2.05, 4.69) is 10.3 Å². The number of phenols is 2. The van der Waals surface area contributed by atoms with Crippen molar-refractivity contribution >= 4 is 11.4 Å². The van der Waals surface area contributed by atoms with Crippen molar-refractivity contribution in [3.8, 4) is 11.5 Å². The van der Waals surface area contributed by atoms with E-state index in [0.29, 0.717) is 22.6 Å². The van der Waals surface area contributed by atoms with E-state index in [-0.39, 0.29) is 24.7 Å². The van der Waals surface area contributed by atoms with Crippen molar-refractivity contribution in [3.63, 3.8) is 0 Å². The molecule has 0 saturated carbocycles. The summed E-state index contributed by atoms with van der Waals surface area (Å²) in [6.07, 6.45) is 0. The Labute approximate surface area is 140 Å². The van der Waals surface area contributed by atoms with E-state index in [1.165, 1.54) is 0 Å². The van der Waals surface area contributed by atoms with Gasteiger partial charge in [-0.25, -0.2) is 0 Å². The molecule has 126 valence electrons. The van der Waals surface area contributed by atoms with Crippen molar-refractivity contribution in [2.75, 3.05) is 13.2 Å². The van der Waals surface area contributed by atoms with Gasteiger partial charge in [-0.05, 0) is 38.1 Å². The normalized spacial score (nSPS) is 12.1. The van der Waals surface area contributed by atoms with Crippen LogP contribution in [0, 0.1) is 0 Å². The molecule has 2 rings (SSSR count). The molecule has 0 aliphatic carbocycles. The molecule has 6 heteroatoms. The fourth-order valence-corrected chi connectivity index (χ4v) is 2.02. The molecule has 2 aromatic carbocycles. The topological polar surface area (TPSA) is 83.6 Å². The summed E-state index contributed by atoms with van der Waals surface area (Å²) in [7, 11) is 0. The van der Waals surface area contributed by atoms with Gasteiger partial charge in [-0.1, -0.05) is 34.6 Å². The average Bonchev–Trinajstić information content (AvgIpc) is 2.58. The molecular formula is C18H20N2O4. The molecule has 6 nitrogen and oxygen atoms in total. The van der Waals surface area contributed by atoms with E-state index < -0.39 is 0 Å². The molecule has 0 bridgehead atoms. The molecule has 0 spiro atoms. The van der Waals surface area contributed by atoms with Crippen LogP contribution in [0.5, 0.6) is 11.5 Å². The lowest BCUT2D eigenvalue weighted by molar-refractivity contribution is 0.0539. The predicted molar refractivity (Wildman–Crippen MR) is 92.5 cm³/mol. The van der Waals surface area contributed by atoms with E-state index in [9.17, 15) is 10.2 Å². The molecule has 0 atom stereocenters. The van der Waals surface area contributed by atoms with Crippen LogP contribution in [0.15, 0.2) is 58.8 Å². The van der Waals surface area contributed by atoms with Gasteiger partial charge in [-0.2, -0.15) is 0 Å². The van der Waals surface area contributed by atoms with Crippen LogP contribution in [0.1, 0.15) is 25.0 Å². The summed E-state index contributed by atoms with van der Waals surface area (Å²) in [5, 5.41) is 27.3. The lowest BCUT2D eigenvalue weighted by atomic mass is 10.1. The number of nitrogens with zero attached hydrogens (tertiary/aromatic N) is 2. The number of benzene rings is 2. The van der Waals surface area contributed by atoms with Crippen LogP contribution in [0.25, 0.3) is 0 Å². The van der Waals surface area contributed by atoms with Gasteiger partial charge in [-0.15, -0.1) is 0 Å². The van der Waals surface area contributed by atoms with Crippen LogP contribution >= 0.6 is 0 Å². The average molecular weight is 328 g/mol. The van der Waals surface area contributed by atoms with Crippen LogP contribution < -0.4 is 0 Å². The predicted octanol–water partition coefficient (Wildman–Crippen LogP) is 3.28. The van der Waals surface area contributed by atoms with Crippen molar-refractivity contribution < 1.29 is 19.9 Å². The molecular weight excluding hydrogens is 308 g/mol. The van der Waals surface area contributed by atoms with E-state index in [4.69, 9.17) is 9.68 Å². The van der Waals surface area contributed by atoms with E-state index >= 15 is 0 Å². The van der Waals surface area contributed by atoms with E-state index in [1.54, 1.807) is 50.2 Å². The van der Waals surface area contributed by atoms with Crippen molar-refractivity contribution in [3.05, 3.63) is 59.7 Å². The number of aromatic hydroxyl groups is 2. The maximum absolute atomic E-state index is 9.71. The molecule has 0 saturated heterocycles. The molecule has 0 heterocycles. The molecule has 0 radical (unpaired) electrons. The second-order valence-electron chi connectivity index (χ2n) is 5.05. The number of para-hydroxylation sites is 2. The highest BCUT2D eigenvalue weighted by Crippen LogP contribution is 2.17. The van der Waals surface area contributed by atoms with Crippen LogP contribution in [0.4, 0.5) is 0 Å². The SMILES string of the molecule is C/C(=N\OCCO/N=C(\C)c1ccccc1O)c1ccccc1O. The smallest absolute Gasteiger partial charge is 0.153 e. The quantitative estimate of drug-likeness (QED) is 0.464. The number of oxime groups is 2. The summed E-state index contributed by atoms with van der Waals surface area (Å²) >= 11 is 0. The first-order chi connectivity index (χ1) is 11.6. The lowest BCUT2D eigenvalue weighted by Crippen LogP contribution is -2.03. The van der Waals surface area contributed by atoms with Crippen molar-refractivity contribution in [1.29, 1.82) is 0 Å². The Balaban J connectivity index is 1.79. The van der Waals surface area contributed by atoms with Gasteiger partial charge in [0, 0.05) is 11.1 Å². The summed E-state index contributed by atoms with van der Waals surface area (Å²) in [4.78, 5) is 10.3. The maximum Gasteiger partial charge on any atom is 0.153 e. The lowest BCUT2D eigenvalue weighted by Gasteiger charge is -2.05. The fourth-order valence-electron chi connectivity index (χ4n) is 2.02. The maximum atomic E-state index is 9.71. The first-order valence-electron chi connectivity index (χ1n) is 7.49. The van der Waals surface area contributed by atoms with Crippen molar-refractivity contribution in [1.82, 2.24) is 0 Å². The molecule has 2 N–H and O–H groups in total. The minimum absolute atomic E-state index is 0.154. The van der Waals surface area contributed by atoms with Gasteiger partial charge in [-0.3, -0.25) is 0 Å². The Morgan fingerprint density at radius 3 is 1.50 bits per heavy atom. The Morgan fingerprint density at radius 1 is 0.750 bits per heavy atom. The molecule has 0 amide bonds. The summed E-state index contributed by atoms with van der Waals surface area (Å²) < 4.78 is 0. The first-order valence-corrected chi connectivity index (χ1v) is 7.49. The van der Waals surface area contributed by atoms with Gasteiger partial charge in [0.1, 0.15) is 11.5 Å². The standard InChI is InChI=1S/C18H20N2O4/c1-13(15-7-3-5-9-17(15)21)19-23-11-12-24-20-14(2)16-8-4-6-10-18(16)22/h3-10,21-22H,11-12H2,1-2H3/b19-13+,20-14+. The molecule has 0 fully saturated rings. The van der Waals surface area contributed by atoms with Gasteiger partial charge in [0.2, 0.25) is 0 Å². The zero-order chi connectivity index (χ0) is 17.4. The van der Waals surface area contributed by atoms with Gasteiger partial charge in [0.05, 0.1) is 11.4 Å². The Hall–Kier alpha value is -3.02.